The molecule has 1 aliphatic carbocycles. The van der Waals surface area contributed by atoms with Crippen LogP contribution in [0.3, 0.4) is 0 Å². The highest BCUT2D eigenvalue weighted by molar-refractivity contribution is 6.09. The maximum atomic E-state index is 12.7. The number of hydrogen-bond acceptors (Lipinski definition) is 5. The Hall–Kier alpha value is -3.62. The van der Waals surface area contributed by atoms with Crippen LogP contribution in [0.5, 0.6) is 5.75 Å². The Morgan fingerprint density at radius 1 is 1.21 bits per heavy atom. The Kier molecular flexibility index (Phi) is 4.34. The summed E-state index contributed by atoms with van der Waals surface area (Å²) in [5, 5.41) is 20.7. The van der Waals surface area contributed by atoms with Gasteiger partial charge in [-0.3, -0.25) is 9.48 Å². The summed E-state index contributed by atoms with van der Waals surface area (Å²) in [5.74, 6) is -0.252. The number of carboxylic acid groups (broad SMARTS) is 1. The molecule has 0 saturated heterocycles. The third-order valence-electron chi connectivity index (χ3n) is 4.56. The molecule has 1 fully saturated rings. The zero-order valence-corrected chi connectivity index (χ0v) is 15.4. The fourth-order valence-electron chi connectivity index (χ4n) is 2.98. The van der Waals surface area contributed by atoms with Gasteiger partial charge in [-0.1, -0.05) is 0 Å². The van der Waals surface area contributed by atoms with Crippen molar-refractivity contribution in [1.29, 1.82) is 0 Å². The van der Waals surface area contributed by atoms with Crippen LogP contribution in [-0.2, 0) is 7.05 Å². The van der Waals surface area contributed by atoms with Crippen molar-refractivity contribution in [1.82, 2.24) is 19.6 Å². The molecule has 0 aliphatic heterocycles. The van der Waals surface area contributed by atoms with E-state index in [1.165, 1.54) is 10.9 Å². The number of nitrogens with zero attached hydrogens (tertiary/aromatic N) is 4. The molecule has 2 N–H and O–H groups in total. The van der Waals surface area contributed by atoms with Crippen molar-refractivity contribution in [3.05, 3.63) is 53.5 Å². The molecule has 144 valence electrons. The van der Waals surface area contributed by atoms with E-state index in [1.807, 2.05) is 18.2 Å². The van der Waals surface area contributed by atoms with Crippen LogP contribution in [0.1, 0.15) is 45.3 Å². The molecule has 0 radical (unpaired) electrons. The molecule has 2 heterocycles. The number of carbonyl (C=O) groups excluding carboxylic acids is 1. The fraction of sp³-hybridized carbons (Fsp3) is 0.263. The minimum atomic E-state index is -1.21. The molecule has 4 rings (SSSR count). The fourth-order valence-corrected chi connectivity index (χ4v) is 2.98. The second kappa shape index (κ2) is 6.84. The van der Waals surface area contributed by atoms with Crippen molar-refractivity contribution >= 4 is 17.7 Å². The standard InChI is InChI=1S/C19H19N5O4/c1-23-10-14(19(26)27)17(22-23)18(25)20-16-9-15(11-3-4-11)21-24(16)12-5-7-13(28-2)8-6-12/h5-11H,3-4H2,1-2H3,(H,20,25)(H,26,27). The average molecular weight is 381 g/mol. The topological polar surface area (TPSA) is 111 Å². The normalized spacial score (nSPS) is 13.4. The van der Waals surface area contributed by atoms with Crippen molar-refractivity contribution in [3.63, 3.8) is 0 Å². The predicted molar refractivity (Wildman–Crippen MR) is 100 cm³/mol. The molecule has 1 aliphatic rings. The summed E-state index contributed by atoms with van der Waals surface area (Å²) in [6.45, 7) is 0. The van der Waals surface area contributed by atoms with E-state index >= 15 is 0 Å². The number of aryl methyl sites for hydroxylation is 1. The Labute approximate surface area is 160 Å². The molecule has 0 unspecified atom stereocenters. The van der Waals surface area contributed by atoms with E-state index in [4.69, 9.17) is 4.74 Å². The summed E-state index contributed by atoms with van der Waals surface area (Å²) in [6.07, 6.45) is 3.43. The van der Waals surface area contributed by atoms with Gasteiger partial charge in [0.2, 0.25) is 0 Å². The number of ether oxygens (including phenoxy) is 1. The molecule has 0 bridgehead atoms. The van der Waals surface area contributed by atoms with E-state index in [1.54, 1.807) is 31.0 Å². The number of methoxy groups -OCH3 is 1. The zero-order chi connectivity index (χ0) is 19.8. The first-order valence-corrected chi connectivity index (χ1v) is 8.79. The smallest absolute Gasteiger partial charge is 0.339 e. The molecule has 9 heteroatoms. The lowest BCUT2D eigenvalue weighted by Gasteiger charge is -2.09. The maximum absolute atomic E-state index is 12.7. The van der Waals surface area contributed by atoms with Crippen LogP contribution >= 0.6 is 0 Å². The number of rotatable bonds is 6. The number of nitrogens with one attached hydrogen (secondary N) is 1. The van der Waals surface area contributed by atoms with Crippen LogP contribution in [0, 0.1) is 0 Å². The average Bonchev–Trinajstić information content (AvgIpc) is 3.33. The summed E-state index contributed by atoms with van der Waals surface area (Å²) in [4.78, 5) is 24.1. The number of carboxylic acids is 1. The lowest BCUT2D eigenvalue weighted by molar-refractivity contribution is 0.0692. The highest BCUT2D eigenvalue weighted by atomic mass is 16.5. The Morgan fingerprint density at radius 2 is 1.93 bits per heavy atom. The third kappa shape index (κ3) is 3.34. The van der Waals surface area contributed by atoms with Crippen LogP contribution in [0.2, 0.25) is 0 Å². The quantitative estimate of drug-likeness (QED) is 0.678. The summed E-state index contributed by atoms with van der Waals surface area (Å²) in [5.41, 5.74) is 1.34. The molecule has 28 heavy (non-hydrogen) atoms. The number of anilines is 1. The van der Waals surface area contributed by atoms with Gasteiger partial charge in [-0.25, -0.2) is 9.48 Å². The summed E-state index contributed by atoms with van der Waals surface area (Å²) in [7, 11) is 3.16. The van der Waals surface area contributed by atoms with E-state index in [0.717, 1.165) is 24.2 Å². The second-order valence-corrected chi connectivity index (χ2v) is 6.66. The first-order valence-electron chi connectivity index (χ1n) is 8.79. The largest absolute Gasteiger partial charge is 0.497 e. The lowest BCUT2D eigenvalue weighted by atomic mass is 10.2. The Morgan fingerprint density at radius 3 is 2.54 bits per heavy atom. The van der Waals surface area contributed by atoms with Crippen molar-refractivity contribution in [3.8, 4) is 11.4 Å². The zero-order valence-electron chi connectivity index (χ0n) is 15.4. The molecule has 1 aromatic carbocycles. The number of hydrogen-bond donors (Lipinski definition) is 2. The van der Waals surface area contributed by atoms with E-state index in [9.17, 15) is 14.7 Å². The van der Waals surface area contributed by atoms with Gasteiger partial charge >= 0.3 is 5.97 Å². The first kappa shape index (κ1) is 17.8. The van der Waals surface area contributed by atoms with Crippen molar-refractivity contribution in [2.75, 3.05) is 12.4 Å². The van der Waals surface area contributed by atoms with Gasteiger partial charge in [0.15, 0.2) is 5.69 Å². The second-order valence-electron chi connectivity index (χ2n) is 6.66. The maximum Gasteiger partial charge on any atom is 0.339 e. The van der Waals surface area contributed by atoms with Gasteiger partial charge in [-0.15, -0.1) is 0 Å². The van der Waals surface area contributed by atoms with Crippen LogP contribution in [0.15, 0.2) is 36.5 Å². The Balaban J connectivity index is 1.69. The molecule has 0 spiro atoms. The molecule has 0 atom stereocenters. The molecular formula is C19H19N5O4. The monoisotopic (exact) mass is 381 g/mol. The number of benzene rings is 1. The molecule has 3 aromatic rings. The van der Waals surface area contributed by atoms with Crippen LogP contribution in [-0.4, -0.2) is 43.7 Å². The first-order chi connectivity index (χ1) is 13.5. The van der Waals surface area contributed by atoms with E-state index in [-0.39, 0.29) is 11.3 Å². The van der Waals surface area contributed by atoms with Gasteiger partial charge in [-0.05, 0) is 37.1 Å². The molecule has 2 aromatic heterocycles. The van der Waals surface area contributed by atoms with Crippen LogP contribution in [0.4, 0.5) is 5.82 Å². The number of aromatic nitrogens is 4. The minimum absolute atomic E-state index is 0.148. The highest BCUT2D eigenvalue weighted by Crippen LogP contribution is 2.40. The van der Waals surface area contributed by atoms with Gasteiger partial charge in [0, 0.05) is 25.2 Å². The van der Waals surface area contributed by atoms with Crippen molar-refractivity contribution in [2.45, 2.75) is 18.8 Å². The number of aromatic carboxylic acids is 1. The van der Waals surface area contributed by atoms with Crippen molar-refractivity contribution < 1.29 is 19.4 Å². The van der Waals surface area contributed by atoms with E-state index in [2.05, 4.69) is 15.5 Å². The molecule has 1 saturated carbocycles. The summed E-state index contributed by atoms with van der Waals surface area (Å²) < 4.78 is 8.12. The van der Waals surface area contributed by atoms with Gasteiger partial charge < -0.3 is 15.2 Å². The van der Waals surface area contributed by atoms with E-state index in [0.29, 0.717) is 17.5 Å². The highest BCUT2D eigenvalue weighted by Gasteiger charge is 2.29. The van der Waals surface area contributed by atoms with E-state index < -0.39 is 11.9 Å². The van der Waals surface area contributed by atoms with Crippen LogP contribution < -0.4 is 10.1 Å². The van der Waals surface area contributed by atoms with Gasteiger partial charge in [0.1, 0.15) is 17.1 Å². The molecule has 1 amide bonds. The number of carbonyl (C=O) groups is 2. The van der Waals surface area contributed by atoms with Crippen LogP contribution in [0.25, 0.3) is 5.69 Å². The molecular weight excluding hydrogens is 362 g/mol. The van der Waals surface area contributed by atoms with Gasteiger partial charge in [0.05, 0.1) is 18.5 Å². The lowest BCUT2D eigenvalue weighted by Crippen LogP contribution is -2.18. The molecule has 9 nitrogen and oxygen atoms in total. The Bertz CT molecular complexity index is 1050. The SMILES string of the molecule is COc1ccc(-n2nc(C3CC3)cc2NC(=O)c2nn(C)cc2C(=O)O)cc1. The predicted octanol–water partition coefficient (Wildman–Crippen LogP) is 2.44. The summed E-state index contributed by atoms with van der Waals surface area (Å²) >= 11 is 0. The number of amides is 1. The van der Waals surface area contributed by atoms with Crippen molar-refractivity contribution in [2.24, 2.45) is 7.05 Å². The van der Waals surface area contributed by atoms with Gasteiger partial charge in [0.25, 0.3) is 5.91 Å². The third-order valence-corrected chi connectivity index (χ3v) is 4.56. The van der Waals surface area contributed by atoms with Gasteiger partial charge in [-0.2, -0.15) is 10.2 Å². The minimum Gasteiger partial charge on any atom is -0.497 e. The summed E-state index contributed by atoms with van der Waals surface area (Å²) in [6, 6.07) is 9.10.